The molecule has 0 aliphatic carbocycles. The highest BCUT2D eigenvalue weighted by Crippen LogP contribution is 2.38. The Hall–Kier alpha value is -1.93. The van der Waals surface area contributed by atoms with E-state index in [4.69, 9.17) is 0 Å². The van der Waals surface area contributed by atoms with E-state index in [9.17, 15) is 18.0 Å². The van der Waals surface area contributed by atoms with Gasteiger partial charge in [0.25, 0.3) is 0 Å². The van der Waals surface area contributed by atoms with Crippen LogP contribution in [0.1, 0.15) is 23.6 Å². The second-order valence-corrected chi connectivity index (χ2v) is 10.2. The minimum atomic E-state index is -2.98. The summed E-state index contributed by atoms with van der Waals surface area (Å²) in [6.07, 6.45) is 1.48. The van der Waals surface area contributed by atoms with Crippen molar-refractivity contribution in [3.63, 3.8) is 0 Å². The molecule has 0 bridgehead atoms. The second-order valence-electron chi connectivity index (χ2n) is 7.97. The monoisotopic (exact) mass is 407 g/mol. The molecule has 2 atom stereocenters. The lowest BCUT2D eigenvalue weighted by Crippen LogP contribution is -2.51. The molecule has 0 spiro atoms. The normalized spacial score (nSPS) is 24.0. The first-order valence-corrected chi connectivity index (χ1v) is 11.7. The first-order valence-electron chi connectivity index (χ1n) is 9.67. The predicted octanol–water partition coefficient (Wildman–Crippen LogP) is 0.703. The molecule has 2 aliphatic rings. The Morgan fingerprint density at radius 2 is 1.71 bits per heavy atom. The summed E-state index contributed by atoms with van der Waals surface area (Å²) in [5.74, 6) is -0.220. The van der Waals surface area contributed by atoms with Crippen molar-refractivity contribution < 1.29 is 18.0 Å². The summed E-state index contributed by atoms with van der Waals surface area (Å²) in [7, 11) is -1.22. The Morgan fingerprint density at radius 3 is 2.29 bits per heavy atom. The van der Waals surface area contributed by atoms with Gasteiger partial charge in [-0.05, 0) is 12.5 Å². The summed E-state index contributed by atoms with van der Waals surface area (Å²) in [4.78, 5) is 31.1. The van der Waals surface area contributed by atoms with Crippen molar-refractivity contribution in [3.8, 4) is 0 Å². The van der Waals surface area contributed by atoms with Crippen molar-refractivity contribution in [1.82, 2.24) is 14.7 Å². The van der Waals surface area contributed by atoms with Crippen LogP contribution in [0.2, 0.25) is 0 Å². The highest BCUT2D eigenvalue weighted by atomic mass is 32.2. The molecule has 0 N–H and O–H groups in total. The first kappa shape index (κ1) is 20.8. The number of carbonyl (C=O) groups excluding carboxylic acids is 2. The molecule has 3 rings (SSSR count). The van der Waals surface area contributed by atoms with Gasteiger partial charge in [-0.25, -0.2) is 8.42 Å². The number of piperazine rings is 1. The highest BCUT2D eigenvalue weighted by Gasteiger charge is 2.44. The third-order valence-corrected chi connectivity index (χ3v) is 6.71. The Labute approximate surface area is 167 Å². The van der Waals surface area contributed by atoms with Gasteiger partial charge in [-0.3, -0.25) is 14.5 Å². The van der Waals surface area contributed by atoms with Gasteiger partial charge in [0.05, 0.1) is 17.7 Å². The van der Waals surface area contributed by atoms with E-state index >= 15 is 0 Å². The van der Waals surface area contributed by atoms with Crippen LogP contribution in [0.3, 0.4) is 0 Å². The van der Waals surface area contributed by atoms with Crippen molar-refractivity contribution in [2.75, 3.05) is 51.8 Å². The summed E-state index contributed by atoms with van der Waals surface area (Å²) < 4.78 is 22.7. The van der Waals surface area contributed by atoms with Crippen LogP contribution in [-0.4, -0.2) is 86.7 Å². The van der Waals surface area contributed by atoms with Crippen LogP contribution in [0, 0.1) is 12.8 Å². The molecule has 154 valence electrons. The van der Waals surface area contributed by atoms with E-state index < -0.39 is 9.84 Å². The van der Waals surface area contributed by atoms with Crippen molar-refractivity contribution in [3.05, 3.63) is 35.4 Å². The van der Waals surface area contributed by atoms with Crippen molar-refractivity contribution in [2.45, 2.75) is 19.4 Å². The van der Waals surface area contributed by atoms with Gasteiger partial charge < -0.3 is 9.80 Å². The lowest BCUT2D eigenvalue weighted by Gasteiger charge is -2.37. The molecule has 28 heavy (non-hydrogen) atoms. The molecular formula is C20H29N3O4S. The van der Waals surface area contributed by atoms with Gasteiger partial charge in [0, 0.05) is 52.4 Å². The summed E-state index contributed by atoms with van der Waals surface area (Å²) >= 11 is 0. The van der Waals surface area contributed by atoms with Gasteiger partial charge in [0.1, 0.15) is 9.84 Å². The molecule has 1 aromatic carbocycles. The molecule has 0 aromatic heterocycles. The molecule has 2 unspecified atom stereocenters. The number of likely N-dealkylation sites (tertiary alicyclic amines) is 1. The van der Waals surface area contributed by atoms with Crippen molar-refractivity contribution >= 4 is 21.7 Å². The Morgan fingerprint density at radius 1 is 1.11 bits per heavy atom. The van der Waals surface area contributed by atoms with Gasteiger partial charge in [-0.1, -0.05) is 29.8 Å². The Kier molecular flexibility index (Phi) is 6.09. The van der Waals surface area contributed by atoms with E-state index in [0.29, 0.717) is 32.7 Å². The lowest BCUT2D eigenvalue weighted by atomic mass is 9.91. The molecule has 1 aromatic rings. The Balaban J connectivity index is 1.66. The van der Waals surface area contributed by atoms with Crippen LogP contribution in [0.25, 0.3) is 0 Å². The van der Waals surface area contributed by atoms with Gasteiger partial charge in [0.15, 0.2) is 0 Å². The molecule has 2 aliphatic heterocycles. The topological polar surface area (TPSA) is 78.0 Å². The molecule has 2 amide bonds. The fourth-order valence-corrected chi connectivity index (χ4v) is 4.62. The van der Waals surface area contributed by atoms with Gasteiger partial charge in [0.2, 0.25) is 11.8 Å². The fourth-order valence-electron chi connectivity index (χ4n) is 4.03. The zero-order valence-electron chi connectivity index (χ0n) is 16.8. The maximum absolute atomic E-state index is 13.2. The quantitative estimate of drug-likeness (QED) is 0.718. The predicted molar refractivity (Wildman–Crippen MR) is 108 cm³/mol. The zero-order valence-corrected chi connectivity index (χ0v) is 17.6. The van der Waals surface area contributed by atoms with E-state index in [1.165, 1.54) is 6.26 Å². The van der Waals surface area contributed by atoms with Gasteiger partial charge >= 0.3 is 0 Å². The Bertz CT molecular complexity index is 830. The third kappa shape index (κ3) is 4.72. The van der Waals surface area contributed by atoms with Crippen molar-refractivity contribution in [2.24, 2.45) is 5.92 Å². The number of nitrogens with zero attached hydrogens (tertiary/aromatic N) is 3. The average molecular weight is 408 g/mol. The second kappa shape index (κ2) is 8.21. The van der Waals surface area contributed by atoms with E-state index in [2.05, 4.69) is 4.90 Å². The number of aryl methyl sites for hydroxylation is 1. The molecule has 8 heteroatoms. The summed E-state index contributed by atoms with van der Waals surface area (Å²) in [5.41, 5.74) is 2.13. The zero-order chi connectivity index (χ0) is 20.5. The molecular weight excluding hydrogens is 378 g/mol. The summed E-state index contributed by atoms with van der Waals surface area (Å²) in [6, 6.07) is 7.78. The molecule has 2 saturated heterocycles. The average Bonchev–Trinajstić information content (AvgIpc) is 2.95. The largest absolute Gasteiger partial charge is 0.340 e. The number of hydrogen-bond acceptors (Lipinski definition) is 5. The highest BCUT2D eigenvalue weighted by molar-refractivity contribution is 7.90. The third-order valence-electron chi connectivity index (χ3n) is 5.78. The smallest absolute Gasteiger partial charge is 0.228 e. The van der Waals surface area contributed by atoms with E-state index in [0.717, 1.165) is 11.1 Å². The molecule has 7 nitrogen and oxygen atoms in total. The number of benzene rings is 1. The van der Waals surface area contributed by atoms with Crippen LogP contribution < -0.4 is 0 Å². The van der Waals surface area contributed by atoms with Crippen LogP contribution in [-0.2, 0) is 19.4 Å². The van der Waals surface area contributed by atoms with Gasteiger partial charge in [-0.2, -0.15) is 0 Å². The van der Waals surface area contributed by atoms with E-state index in [-0.39, 0.29) is 35.9 Å². The lowest BCUT2D eigenvalue weighted by molar-refractivity contribution is -0.138. The van der Waals surface area contributed by atoms with Crippen LogP contribution >= 0.6 is 0 Å². The number of sulfone groups is 1. The van der Waals surface area contributed by atoms with E-state index in [1.807, 2.05) is 36.1 Å². The number of rotatable bonds is 5. The number of hydrogen-bond donors (Lipinski definition) is 0. The minimum absolute atomic E-state index is 0.00397. The molecule has 2 heterocycles. The number of amides is 2. The van der Waals surface area contributed by atoms with Crippen LogP contribution in [0.15, 0.2) is 24.3 Å². The maximum atomic E-state index is 13.2. The van der Waals surface area contributed by atoms with Crippen LogP contribution in [0.4, 0.5) is 0 Å². The van der Waals surface area contributed by atoms with Crippen LogP contribution in [0.5, 0.6) is 0 Å². The molecule has 2 fully saturated rings. The summed E-state index contributed by atoms with van der Waals surface area (Å²) in [5, 5.41) is 0. The molecule has 0 radical (unpaired) electrons. The van der Waals surface area contributed by atoms with E-state index in [1.54, 1.807) is 11.9 Å². The van der Waals surface area contributed by atoms with Gasteiger partial charge in [-0.15, -0.1) is 0 Å². The molecule has 0 saturated carbocycles. The standard InChI is InChI=1S/C20H29N3O4S/c1-15-4-6-16(7-5-15)19-17(14-18(24)21(19)2)20(25)23-10-8-22(9-11-23)12-13-28(3,26)27/h4-7,17,19H,8-14H2,1-3H3. The number of carbonyl (C=O) groups is 2. The van der Waals surface area contributed by atoms with Crippen molar-refractivity contribution in [1.29, 1.82) is 0 Å². The first-order chi connectivity index (χ1) is 13.2. The fraction of sp³-hybridized carbons (Fsp3) is 0.600. The SMILES string of the molecule is Cc1ccc(C2C(C(=O)N3CCN(CCS(C)(=O)=O)CC3)CC(=O)N2C)cc1. The minimum Gasteiger partial charge on any atom is -0.340 e. The summed E-state index contributed by atoms with van der Waals surface area (Å²) in [6.45, 7) is 4.96. The maximum Gasteiger partial charge on any atom is 0.228 e.